The van der Waals surface area contributed by atoms with Crippen LogP contribution in [0.15, 0.2) is 0 Å². The number of likely N-dealkylation sites (tertiary alicyclic amines) is 1. The monoisotopic (exact) mass is 240 g/mol. The summed E-state index contributed by atoms with van der Waals surface area (Å²) >= 11 is 0. The fraction of sp³-hybridized carbons (Fsp3) is 1.00. The number of quaternary nitrogens is 1. The fourth-order valence-electron chi connectivity index (χ4n) is 3.44. The molecule has 0 saturated carbocycles. The summed E-state index contributed by atoms with van der Waals surface area (Å²) in [5.74, 6) is 0. The van der Waals surface area contributed by atoms with Crippen molar-refractivity contribution in [3.8, 4) is 0 Å². The average molecular weight is 240 g/mol. The third kappa shape index (κ3) is 5.90. The Morgan fingerprint density at radius 2 is 1.29 bits per heavy atom. The molecule has 102 valence electrons. The predicted octanol–water partition coefficient (Wildman–Crippen LogP) is 4.76. The third-order valence-corrected chi connectivity index (χ3v) is 4.45. The van der Waals surface area contributed by atoms with E-state index in [2.05, 4.69) is 13.8 Å². The zero-order chi connectivity index (χ0) is 12.4. The van der Waals surface area contributed by atoms with Crippen molar-refractivity contribution < 1.29 is 4.48 Å². The Kier molecular flexibility index (Phi) is 7.92. The van der Waals surface area contributed by atoms with E-state index in [4.69, 9.17) is 0 Å². The van der Waals surface area contributed by atoms with Crippen molar-refractivity contribution in [1.82, 2.24) is 0 Å². The molecule has 0 N–H and O–H groups in total. The first kappa shape index (κ1) is 15.0. The Hall–Kier alpha value is -0.0400. The molecule has 17 heavy (non-hydrogen) atoms. The van der Waals surface area contributed by atoms with Crippen LogP contribution in [0.2, 0.25) is 0 Å². The van der Waals surface area contributed by atoms with Crippen LogP contribution in [0.3, 0.4) is 0 Å². The quantitative estimate of drug-likeness (QED) is 0.403. The van der Waals surface area contributed by atoms with Crippen molar-refractivity contribution in [3.05, 3.63) is 0 Å². The molecule has 0 aromatic rings. The summed E-state index contributed by atoms with van der Waals surface area (Å²) in [6.07, 6.45) is 14.5. The molecule has 1 heteroatoms. The standard InChI is InChI=1S/C16H34N/c1-3-5-6-7-8-10-14-17(13-4-2)15-11-9-12-16-17/h3-16H2,1-2H3/q+1. The van der Waals surface area contributed by atoms with Crippen LogP contribution in [-0.4, -0.2) is 30.7 Å². The second-order valence-corrected chi connectivity index (χ2v) is 6.06. The van der Waals surface area contributed by atoms with Gasteiger partial charge in [-0.1, -0.05) is 39.5 Å². The second kappa shape index (κ2) is 8.97. The van der Waals surface area contributed by atoms with Gasteiger partial charge in [-0.3, -0.25) is 0 Å². The highest BCUT2D eigenvalue weighted by Gasteiger charge is 2.27. The minimum Gasteiger partial charge on any atom is -0.324 e. The number of nitrogens with zero attached hydrogens (tertiary/aromatic N) is 1. The average Bonchev–Trinajstić information content (AvgIpc) is 2.35. The van der Waals surface area contributed by atoms with Gasteiger partial charge >= 0.3 is 0 Å². The lowest BCUT2D eigenvalue weighted by Crippen LogP contribution is -2.52. The molecule has 1 nitrogen and oxygen atoms in total. The zero-order valence-electron chi connectivity index (χ0n) is 12.3. The Morgan fingerprint density at radius 1 is 0.647 bits per heavy atom. The maximum Gasteiger partial charge on any atom is 0.0786 e. The van der Waals surface area contributed by atoms with Crippen LogP contribution in [0.25, 0.3) is 0 Å². The first-order valence-electron chi connectivity index (χ1n) is 8.18. The van der Waals surface area contributed by atoms with Crippen LogP contribution >= 0.6 is 0 Å². The molecule has 0 atom stereocenters. The lowest BCUT2D eigenvalue weighted by atomic mass is 10.0. The highest BCUT2D eigenvalue weighted by Crippen LogP contribution is 2.21. The summed E-state index contributed by atoms with van der Waals surface area (Å²) in [5, 5.41) is 0. The van der Waals surface area contributed by atoms with Gasteiger partial charge in [-0.05, 0) is 38.5 Å². The first-order chi connectivity index (χ1) is 8.33. The summed E-state index contributed by atoms with van der Waals surface area (Å²) in [6, 6.07) is 0. The Morgan fingerprint density at radius 3 is 1.94 bits per heavy atom. The predicted molar refractivity (Wildman–Crippen MR) is 77.2 cm³/mol. The van der Waals surface area contributed by atoms with E-state index in [9.17, 15) is 0 Å². The molecule has 0 unspecified atom stereocenters. The molecule has 0 aromatic carbocycles. The van der Waals surface area contributed by atoms with Gasteiger partial charge in [-0.2, -0.15) is 0 Å². The zero-order valence-corrected chi connectivity index (χ0v) is 12.3. The van der Waals surface area contributed by atoms with Crippen molar-refractivity contribution >= 4 is 0 Å². The minimum atomic E-state index is 1.37. The van der Waals surface area contributed by atoms with E-state index in [1.165, 1.54) is 94.9 Å². The van der Waals surface area contributed by atoms with Crippen molar-refractivity contribution in [3.63, 3.8) is 0 Å². The van der Waals surface area contributed by atoms with Gasteiger partial charge in [-0.15, -0.1) is 0 Å². The van der Waals surface area contributed by atoms with Crippen molar-refractivity contribution in [2.45, 2.75) is 78.1 Å². The van der Waals surface area contributed by atoms with E-state index in [0.29, 0.717) is 0 Å². The van der Waals surface area contributed by atoms with Crippen LogP contribution in [0.1, 0.15) is 78.1 Å². The van der Waals surface area contributed by atoms with Crippen molar-refractivity contribution in [1.29, 1.82) is 0 Å². The van der Waals surface area contributed by atoms with E-state index < -0.39 is 0 Å². The van der Waals surface area contributed by atoms with Crippen LogP contribution in [0, 0.1) is 0 Å². The molecule has 1 aliphatic heterocycles. The molecule has 1 rings (SSSR count). The van der Waals surface area contributed by atoms with Crippen molar-refractivity contribution in [2.24, 2.45) is 0 Å². The van der Waals surface area contributed by atoms with Gasteiger partial charge in [0, 0.05) is 0 Å². The van der Waals surface area contributed by atoms with Crippen molar-refractivity contribution in [2.75, 3.05) is 26.2 Å². The summed E-state index contributed by atoms with van der Waals surface area (Å²) in [6.45, 7) is 10.5. The number of unbranched alkanes of at least 4 members (excludes halogenated alkanes) is 5. The van der Waals surface area contributed by atoms with Crippen LogP contribution in [0.4, 0.5) is 0 Å². The maximum absolute atomic E-state index is 2.36. The van der Waals surface area contributed by atoms with Crippen LogP contribution in [-0.2, 0) is 0 Å². The van der Waals surface area contributed by atoms with Gasteiger partial charge < -0.3 is 4.48 Å². The Labute approximate surface area is 109 Å². The summed E-state index contributed by atoms with van der Waals surface area (Å²) < 4.78 is 1.46. The van der Waals surface area contributed by atoms with E-state index in [0.717, 1.165) is 0 Å². The lowest BCUT2D eigenvalue weighted by molar-refractivity contribution is -0.932. The van der Waals surface area contributed by atoms with E-state index in [1.807, 2.05) is 0 Å². The molecule has 1 aliphatic rings. The number of rotatable bonds is 9. The minimum absolute atomic E-state index is 1.37. The molecular formula is C16H34N+. The molecule has 0 aromatic heterocycles. The summed E-state index contributed by atoms with van der Waals surface area (Å²) in [4.78, 5) is 0. The maximum atomic E-state index is 2.36. The van der Waals surface area contributed by atoms with E-state index in [-0.39, 0.29) is 0 Å². The van der Waals surface area contributed by atoms with Gasteiger partial charge in [0.2, 0.25) is 0 Å². The largest absolute Gasteiger partial charge is 0.324 e. The highest BCUT2D eigenvalue weighted by molar-refractivity contribution is 4.55. The van der Waals surface area contributed by atoms with Crippen LogP contribution < -0.4 is 0 Å². The lowest BCUT2D eigenvalue weighted by Gasteiger charge is -2.41. The molecule has 0 radical (unpaired) electrons. The third-order valence-electron chi connectivity index (χ3n) is 4.45. The number of hydrogen-bond acceptors (Lipinski definition) is 0. The second-order valence-electron chi connectivity index (χ2n) is 6.06. The molecule has 0 aliphatic carbocycles. The van der Waals surface area contributed by atoms with Gasteiger partial charge in [0.15, 0.2) is 0 Å². The SMILES string of the molecule is CCCCCCCC[N+]1(CCC)CCCCC1. The molecule has 0 spiro atoms. The van der Waals surface area contributed by atoms with Crippen LogP contribution in [0.5, 0.6) is 0 Å². The topological polar surface area (TPSA) is 0 Å². The normalized spacial score (nSPS) is 19.4. The highest BCUT2D eigenvalue weighted by atomic mass is 15.3. The molecule has 1 fully saturated rings. The van der Waals surface area contributed by atoms with E-state index in [1.54, 1.807) is 0 Å². The fourth-order valence-corrected chi connectivity index (χ4v) is 3.44. The molecule has 0 amide bonds. The number of hydrogen-bond donors (Lipinski definition) is 0. The summed E-state index contributed by atoms with van der Waals surface area (Å²) in [5.41, 5.74) is 0. The Balaban J connectivity index is 2.15. The van der Waals surface area contributed by atoms with Gasteiger partial charge in [0.1, 0.15) is 0 Å². The summed E-state index contributed by atoms with van der Waals surface area (Å²) in [7, 11) is 0. The van der Waals surface area contributed by atoms with E-state index >= 15 is 0 Å². The van der Waals surface area contributed by atoms with Gasteiger partial charge in [0.05, 0.1) is 26.2 Å². The molecule has 1 saturated heterocycles. The smallest absolute Gasteiger partial charge is 0.0786 e. The van der Waals surface area contributed by atoms with Gasteiger partial charge in [-0.25, -0.2) is 0 Å². The first-order valence-corrected chi connectivity index (χ1v) is 8.18. The van der Waals surface area contributed by atoms with Gasteiger partial charge in [0.25, 0.3) is 0 Å². The molecular weight excluding hydrogens is 206 g/mol. The molecule has 1 heterocycles. The Bertz CT molecular complexity index is 165. The number of piperidine rings is 1. The molecule has 0 bridgehead atoms.